The van der Waals surface area contributed by atoms with Crippen molar-refractivity contribution in [1.29, 1.82) is 0 Å². The molecule has 0 radical (unpaired) electrons. The zero-order chi connectivity index (χ0) is 8.55. The van der Waals surface area contributed by atoms with Crippen LogP contribution in [0.5, 0.6) is 0 Å². The molecule has 0 aliphatic rings. The highest BCUT2D eigenvalue weighted by Gasteiger charge is 2.02. The van der Waals surface area contributed by atoms with Crippen LogP contribution in [0.15, 0.2) is 34.9 Å². The minimum Gasteiger partial charge on any atom is -0.464 e. The fourth-order valence-corrected chi connectivity index (χ4v) is 1.23. The molecule has 0 atom stereocenters. The largest absolute Gasteiger partial charge is 0.464 e. The van der Waals surface area contributed by atoms with Crippen molar-refractivity contribution in [2.45, 2.75) is 0 Å². The average Bonchev–Trinajstić information content (AvgIpc) is 2.49. The standard InChI is InChI=1S/C9H6O2S/c10-9(12)7-2-1-6-3-4-11-8(6)5-7/h1-5H,(H,10,12). The van der Waals surface area contributed by atoms with E-state index in [1.165, 1.54) is 0 Å². The van der Waals surface area contributed by atoms with Crippen molar-refractivity contribution in [3.8, 4) is 0 Å². The summed E-state index contributed by atoms with van der Waals surface area (Å²) >= 11 is 3.71. The Hall–Kier alpha value is -1.22. The molecule has 2 nitrogen and oxygen atoms in total. The fraction of sp³-hybridized carbons (Fsp3) is 0. The number of furan rings is 1. The van der Waals surface area contributed by atoms with Gasteiger partial charge in [-0.05, 0) is 18.2 Å². The van der Waals surface area contributed by atoms with Crippen LogP contribution < -0.4 is 0 Å². The van der Waals surface area contributed by atoms with Crippen molar-refractivity contribution in [2.24, 2.45) is 0 Å². The van der Waals surface area contributed by atoms with Crippen molar-refractivity contribution in [3.05, 3.63) is 36.1 Å². The molecule has 1 aromatic heterocycles. The van der Waals surface area contributed by atoms with Crippen LogP contribution in [0.1, 0.15) is 10.4 Å². The number of rotatable bonds is 1. The van der Waals surface area contributed by atoms with Gasteiger partial charge in [0.05, 0.1) is 6.26 Å². The molecule has 0 unspecified atom stereocenters. The number of carbonyl (C=O) groups excluding carboxylic acids is 1. The maximum absolute atomic E-state index is 10.8. The topological polar surface area (TPSA) is 30.2 Å². The molecule has 0 bridgehead atoms. The predicted octanol–water partition coefficient (Wildman–Crippen LogP) is 2.50. The Morgan fingerprint density at radius 3 is 2.92 bits per heavy atom. The molecule has 2 rings (SSSR count). The van der Waals surface area contributed by atoms with Crippen molar-refractivity contribution in [1.82, 2.24) is 0 Å². The first-order valence-corrected chi connectivity index (χ1v) is 3.92. The SMILES string of the molecule is O=C(S)c1ccc2ccoc2c1. The van der Waals surface area contributed by atoms with Gasteiger partial charge in [0.25, 0.3) is 0 Å². The Bertz CT molecular complexity index is 431. The van der Waals surface area contributed by atoms with Crippen LogP contribution in [-0.2, 0) is 0 Å². The number of carbonyl (C=O) groups is 1. The highest BCUT2D eigenvalue weighted by atomic mass is 32.1. The van der Waals surface area contributed by atoms with Crippen molar-refractivity contribution >= 4 is 28.7 Å². The molecule has 0 aliphatic heterocycles. The maximum Gasteiger partial charge on any atom is 0.216 e. The number of thiol groups is 1. The number of benzene rings is 1. The molecule has 1 heterocycles. The van der Waals surface area contributed by atoms with Crippen molar-refractivity contribution in [3.63, 3.8) is 0 Å². The van der Waals surface area contributed by atoms with E-state index in [0.717, 1.165) is 11.0 Å². The summed E-state index contributed by atoms with van der Waals surface area (Å²) in [6.45, 7) is 0. The zero-order valence-corrected chi connectivity index (χ0v) is 7.04. The lowest BCUT2D eigenvalue weighted by molar-refractivity contribution is 0.109. The highest BCUT2D eigenvalue weighted by molar-refractivity contribution is 7.97. The molecule has 0 amide bonds. The van der Waals surface area contributed by atoms with E-state index in [0.29, 0.717) is 5.56 Å². The normalized spacial score (nSPS) is 10.4. The van der Waals surface area contributed by atoms with Gasteiger partial charge in [-0.15, -0.1) is 12.6 Å². The van der Waals surface area contributed by atoms with Gasteiger partial charge in [0, 0.05) is 10.9 Å². The van der Waals surface area contributed by atoms with E-state index in [1.54, 1.807) is 18.4 Å². The molecular weight excluding hydrogens is 172 g/mol. The van der Waals surface area contributed by atoms with Crippen LogP contribution in [0.3, 0.4) is 0 Å². The summed E-state index contributed by atoms with van der Waals surface area (Å²) in [6.07, 6.45) is 1.59. The Morgan fingerprint density at radius 1 is 1.33 bits per heavy atom. The summed E-state index contributed by atoms with van der Waals surface area (Å²) in [5.74, 6) is 0. The third-order valence-corrected chi connectivity index (χ3v) is 1.96. The molecule has 3 heteroatoms. The Morgan fingerprint density at radius 2 is 2.17 bits per heavy atom. The maximum atomic E-state index is 10.8. The minimum absolute atomic E-state index is 0.242. The van der Waals surface area contributed by atoms with Gasteiger partial charge in [-0.1, -0.05) is 6.07 Å². The third kappa shape index (κ3) is 1.12. The van der Waals surface area contributed by atoms with E-state index in [9.17, 15) is 4.79 Å². The Labute approximate surface area is 74.6 Å². The molecule has 0 N–H and O–H groups in total. The fourth-order valence-electron chi connectivity index (χ4n) is 1.09. The van der Waals surface area contributed by atoms with E-state index in [2.05, 4.69) is 12.6 Å². The molecule has 0 saturated heterocycles. The summed E-state index contributed by atoms with van der Waals surface area (Å²) in [6, 6.07) is 7.10. The van der Waals surface area contributed by atoms with Gasteiger partial charge in [0.2, 0.25) is 5.12 Å². The van der Waals surface area contributed by atoms with E-state index >= 15 is 0 Å². The first-order chi connectivity index (χ1) is 5.77. The van der Waals surface area contributed by atoms with Crippen LogP contribution in [0.4, 0.5) is 0 Å². The highest BCUT2D eigenvalue weighted by Crippen LogP contribution is 2.17. The lowest BCUT2D eigenvalue weighted by Gasteiger charge is -1.92. The third-order valence-electron chi connectivity index (χ3n) is 1.70. The molecule has 0 saturated carbocycles. The summed E-state index contributed by atoms with van der Waals surface area (Å²) in [5, 5.41) is 0.752. The predicted molar refractivity (Wildman–Crippen MR) is 49.5 cm³/mol. The number of hydrogen-bond acceptors (Lipinski definition) is 2. The monoisotopic (exact) mass is 178 g/mol. The van der Waals surface area contributed by atoms with Gasteiger partial charge in [0.1, 0.15) is 5.58 Å². The van der Waals surface area contributed by atoms with Gasteiger partial charge in [0.15, 0.2) is 0 Å². The lowest BCUT2D eigenvalue weighted by atomic mass is 10.2. The van der Waals surface area contributed by atoms with Crippen LogP contribution in [0, 0.1) is 0 Å². The van der Waals surface area contributed by atoms with Crippen LogP contribution in [0.25, 0.3) is 11.0 Å². The minimum atomic E-state index is -0.242. The smallest absolute Gasteiger partial charge is 0.216 e. The average molecular weight is 178 g/mol. The van der Waals surface area contributed by atoms with E-state index < -0.39 is 0 Å². The molecule has 1 aromatic carbocycles. The van der Waals surface area contributed by atoms with Crippen molar-refractivity contribution < 1.29 is 9.21 Å². The Kier molecular flexibility index (Phi) is 1.66. The molecule has 0 fully saturated rings. The summed E-state index contributed by atoms with van der Waals surface area (Å²) in [5.41, 5.74) is 1.27. The van der Waals surface area contributed by atoms with E-state index in [1.807, 2.05) is 12.1 Å². The second kappa shape index (κ2) is 2.68. The van der Waals surface area contributed by atoms with E-state index in [4.69, 9.17) is 4.42 Å². The van der Waals surface area contributed by atoms with Gasteiger partial charge >= 0.3 is 0 Å². The van der Waals surface area contributed by atoms with Gasteiger partial charge in [-0.25, -0.2) is 0 Å². The molecule has 0 aliphatic carbocycles. The molecule has 60 valence electrons. The van der Waals surface area contributed by atoms with Crippen molar-refractivity contribution in [2.75, 3.05) is 0 Å². The summed E-state index contributed by atoms with van der Waals surface area (Å²) in [7, 11) is 0. The van der Waals surface area contributed by atoms with Crippen LogP contribution in [0.2, 0.25) is 0 Å². The molecular formula is C9H6O2S. The van der Waals surface area contributed by atoms with E-state index in [-0.39, 0.29) is 5.12 Å². The quantitative estimate of drug-likeness (QED) is 0.680. The van der Waals surface area contributed by atoms with Gasteiger partial charge < -0.3 is 4.42 Å². The molecule has 0 spiro atoms. The van der Waals surface area contributed by atoms with Crippen LogP contribution >= 0.6 is 12.6 Å². The molecule has 12 heavy (non-hydrogen) atoms. The molecule has 2 aromatic rings. The summed E-state index contributed by atoms with van der Waals surface area (Å²) in [4.78, 5) is 10.8. The number of hydrogen-bond donors (Lipinski definition) is 1. The first kappa shape index (κ1) is 7.43. The van der Waals surface area contributed by atoms with Gasteiger partial charge in [-0.3, -0.25) is 4.79 Å². The second-order valence-electron chi connectivity index (χ2n) is 2.48. The summed E-state index contributed by atoms with van der Waals surface area (Å²) < 4.78 is 5.12. The van der Waals surface area contributed by atoms with Gasteiger partial charge in [-0.2, -0.15) is 0 Å². The zero-order valence-electron chi connectivity index (χ0n) is 6.15. The van der Waals surface area contributed by atoms with Crippen LogP contribution in [-0.4, -0.2) is 5.12 Å². The number of fused-ring (bicyclic) bond motifs is 1. The lowest BCUT2D eigenvalue weighted by Crippen LogP contribution is -1.86. The second-order valence-corrected chi connectivity index (χ2v) is 2.88. The Balaban J connectivity index is 2.68. The first-order valence-electron chi connectivity index (χ1n) is 3.48.